The van der Waals surface area contributed by atoms with Crippen LogP contribution in [-0.4, -0.2) is 22.5 Å². The topological polar surface area (TPSA) is 64.1 Å². The smallest absolute Gasteiger partial charge is 0.262 e. The minimum Gasteiger partial charge on any atom is -0.467 e. The first-order valence-corrected chi connectivity index (χ1v) is 9.33. The van der Waals surface area contributed by atoms with Crippen molar-refractivity contribution in [3.63, 3.8) is 0 Å². The number of ether oxygens (including phenoxy) is 1. The lowest BCUT2D eigenvalue weighted by molar-refractivity contribution is -0.118. The summed E-state index contributed by atoms with van der Waals surface area (Å²) in [6.45, 7) is -0.0979. The number of aromatic nitrogens is 2. The predicted octanol–water partition coefficient (Wildman–Crippen LogP) is 4.24. The molecule has 4 rings (SSSR count). The Morgan fingerprint density at radius 2 is 2.00 bits per heavy atom. The molecule has 5 nitrogen and oxygen atoms in total. The SMILES string of the molecule is O=C(COc1ncnc2sc3c(c12)CCCC3)Nc1ccc(Cl)cc1. The standard InChI is InChI=1S/C18H16ClN3O2S/c19-11-5-7-12(8-6-11)22-15(23)9-24-17-16-13-3-1-2-4-14(13)25-18(16)21-10-20-17/h5-8,10H,1-4,9H2,(H,22,23). The van der Waals surface area contributed by atoms with E-state index in [1.807, 2.05) is 0 Å². The normalized spacial score (nSPS) is 13.5. The van der Waals surface area contributed by atoms with E-state index in [0.717, 1.165) is 23.1 Å². The van der Waals surface area contributed by atoms with Gasteiger partial charge in [0.15, 0.2) is 6.61 Å². The van der Waals surface area contributed by atoms with E-state index >= 15 is 0 Å². The molecule has 0 saturated heterocycles. The monoisotopic (exact) mass is 373 g/mol. The maximum atomic E-state index is 12.1. The van der Waals surface area contributed by atoms with Crippen LogP contribution in [0.4, 0.5) is 5.69 Å². The van der Waals surface area contributed by atoms with Crippen LogP contribution in [0.25, 0.3) is 10.2 Å². The second-order valence-corrected chi connectivity index (χ2v) is 7.43. The number of benzene rings is 1. The second-order valence-electron chi connectivity index (χ2n) is 5.91. The maximum absolute atomic E-state index is 12.1. The fraction of sp³-hybridized carbons (Fsp3) is 0.278. The number of carbonyl (C=O) groups excluding carboxylic acids is 1. The molecule has 2 heterocycles. The van der Waals surface area contributed by atoms with Gasteiger partial charge in [-0.25, -0.2) is 9.97 Å². The molecule has 0 aliphatic heterocycles. The Morgan fingerprint density at radius 1 is 1.20 bits per heavy atom. The highest BCUT2D eigenvalue weighted by molar-refractivity contribution is 7.18. The van der Waals surface area contributed by atoms with E-state index in [1.54, 1.807) is 35.6 Å². The number of thiophene rings is 1. The van der Waals surface area contributed by atoms with Gasteiger partial charge in [0, 0.05) is 15.6 Å². The molecule has 0 unspecified atom stereocenters. The van der Waals surface area contributed by atoms with Gasteiger partial charge in [0.1, 0.15) is 11.2 Å². The van der Waals surface area contributed by atoms with E-state index in [4.69, 9.17) is 16.3 Å². The third-order valence-electron chi connectivity index (χ3n) is 4.18. The predicted molar refractivity (Wildman–Crippen MR) is 99.6 cm³/mol. The molecule has 0 bridgehead atoms. The fourth-order valence-corrected chi connectivity index (χ4v) is 4.38. The summed E-state index contributed by atoms with van der Waals surface area (Å²) in [6, 6.07) is 6.95. The minimum absolute atomic E-state index is 0.0979. The van der Waals surface area contributed by atoms with Crippen molar-refractivity contribution in [3.8, 4) is 5.88 Å². The Morgan fingerprint density at radius 3 is 2.84 bits per heavy atom. The zero-order chi connectivity index (χ0) is 17.2. The van der Waals surface area contributed by atoms with E-state index in [-0.39, 0.29) is 12.5 Å². The van der Waals surface area contributed by atoms with Crippen molar-refractivity contribution in [2.75, 3.05) is 11.9 Å². The number of nitrogens with one attached hydrogen (secondary N) is 1. The first-order valence-electron chi connectivity index (χ1n) is 8.14. The Kier molecular flexibility index (Phi) is 4.55. The Labute approximate surface area is 154 Å². The van der Waals surface area contributed by atoms with Gasteiger partial charge < -0.3 is 10.1 Å². The van der Waals surface area contributed by atoms with Crippen LogP contribution in [0.15, 0.2) is 30.6 Å². The minimum atomic E-state index is -0.238. The molecule has 0 radical (unpaired) electrons. The van der Waals surface area contributed by atoms with Crippen LogP contribution in [0.5, 0.6) is 5.88 Å². The van der Waals surface area contributed by atoms with Crippen LogP contribution in [0.2, 0.25) is 5.02 Å². The van der Waals surface area contributed by atoms with Crippen molar-refractivity contribution >= 4 is 44.7 Å². The number of anilines is 1. The highest BCUT2D eigenvalue weighted by Gasteiger charge is 2.21. The van der Waals surface area contributed by atoms with Crippen molar-refractivity contribution in [1.82, 2.24) is 9.97 Å². The summed E-state index contributed by atoms with van der Waals surface area (Å²) in [5.74, 6) is 0.258. The number of rotatable bonds is 4. The molecule has 1 N–H and O–H groups in total. The quantitative estimate of drug-likeness (QED) is 0.742. The van der Waals surface area contributed by atoms with Crippen LogP contribution in [0, 0.1) is 0 Å². The number of hydrogen-bond acceptors (Lipinski definition) is 5. The van der Waals surface area contributed by atoms with E-state index in [0.29, 0.717) is 16.6 Å². The number of carbonyl (C=O) groups is 1. The molecule has 25 heavy (non-hydrogen) atoms. The van der Waals surface area contributed by atoms with Crippen LogP contribution in [-0.2, 0) is 17.6 Å². The Balaban J connectivity index is 1.50. The summed E-state index contributed by atoms with van der Waals surface area (Å²) in [7, 11) is 0. The van der Waals surface area contributed by atoms with Gasteiger partial charge >= 0.3 is 0 Å². The Hall–Kier alpha value is -2.18. The Bertz CT molecular complexity index is 924. The van der Waals surface area contributed by atoms with Gasteiger partial charge in [-0.1, -0.05) is 11.6 Å². The number of fused-ring (bicyclic) bond motifs is 3. The lowest BCUT2D eigenvalue weighted by atomic mass is 9.97. The summed E-state index contributed by atoms with van der Waals surface area (Å²) in [6.07, 6.45) is 6.00. The summed E-state index contributed by atoms with van der Waals surface area (Å²) in [5, 5.41) is 4.38. The molecule has 1 aliphatic carbocycles. The molecule has 7 heteroatoms. The highest BCUT2D eigenvalue weighted by Crippen LogP contribution is 2.38. The fourth-order valence-electron chi connectivity index (χ4n) is 3.03. The summed E-state index contributed by atoms with van der Waals surface area (Å²) in [4.78, 5) is 23.1. The largest absolute Gasteiger partial charge is 0.467 e. The van der Waals surface area contributed by atoms with Crippen molar-refractivity contribution in [3.05, 3.63) is 46.1 Å². The summed E-state index contributed by atoms with van der Waals surface area (Å²) >= 11 is 7.55. The van der Waals surface area contributed by atoms with E-state index < -0.39 is 0 Å². The molecule has 1 aromatic carbocycles. The van der Waals surface area contributed by atoms with Gasteiger partial charge in [0.2, 0.25) is 5.88 Å². The zero-order valence-electron chi connectivity index (χ0n) is 13.4. The van der Waals surface area contributed by atoms with Crippen molar-refractivity contribution in [1.29, 1.82) is 0 Å². The van der Waals surface area contributed by atoms with Crippen LogP contribution in [0.1, 0.15) is 23.3 Å². The van der Waals surface area contributed by atoms with Crippen LogP contribution in [0.3, 0.4) is 0 Å². The van der Waals surface area contributed by atoms with Crippen molar-refractivity contribution < 1.29 is 9.53 Å². The molecule has 2 aromatic heterocycles. The second kappa shape index (κ2) is 6.98. The molecule has 0 atom stereocenters. The molecular formula is C18H16ClN3O2S. The lowest BCUT2D eigenvalue weighted by Crippen LogP contribution is -2.20. The van der Waals surface area contributed by atoms with Gasteiger partial charge in [-0.15, -0.1) is 11.3 Å². The van der Waals surface area contributed by atoms with E-state index in [2.05, 4.69) is 15.3 Å². The van der Waals surface area contributed by atoms with Crippen LogP contribution < -0.4 is 10.1 Å². The summed E-state index contributed by atoms with van der Waals surface area (Å²) < 4.78 is 5.72. The molecule has 128 valence electrons. The summed E-state index contributed by atoms with van der Waals surface area (Å²) in [5.41, 5.74) is 1.97. The number of aryl methyl sites for hydroxylation is 2. The van der Waals surface area contributed by atoms with Gasteiger partial charge in [-0.05, 0) is 55.5 Å². The van der Waals surface area contributed by atoms with Crippen molar-refractivity contribution in [2.45, 2.75) is 25.7 Å². The number of halogens is 1. The van der Waals surface area contributed by atoms with Gasteiger partial charge in [0.05, 0.1) is 5.39 Å². The first-order chi connectivity index (χ1) is 12.2. The van der Waals surface area contributed by atoms with Crippen LogP contribution >= 0.6 is 22.9 Å². The number of amides is 1. The zero-order valence-corrected chi connectivity index (χ0v) is 15.0. The molecular weight excluding hydrogens is 358 g/mol. The molecule has 1 amide bonds. The maximum Gasteiger partial charge on any atom is 0.262 e. The highest BCUT2D eigenvalue weighted by atomic mass is 35.5. The van der Waals surface area contributed by atoms with Gasteiger partial charge in [-0.2, -0.15) is 0 Å². The molecule has 0 saturated carbocycles. The van der Waals surface area contributed by atoms with E-state index in [1.165, 1.54) is 29.6 Å². The average Bonchev–Trinajstić information content (AvgIpc) is 3.01. The molecule has 0 spiro atoms. The van der Waals surface area contributed by atoms with Gasteiger partial charge in [-0.3, -0.25) is 4.79 Å². The lowest BCUT2D eigenvalue weighted by Gasteiger charge is -2.12. The molecule has 3 aromatic rings. The third kappa shape index (κ3) is 3.45. The molecule has 1 aliphatic rings. The average molecular weight is 374 g/mol. The number of nitrogens with zero attached hydrogens (tertiary/aromatic N) is 2. The third-order valence-corrected chi connectivity index (χ3v) is 5.64. The van der Waals surface area contributed by atoms with Crippen molar-refractivity contribution in [2.24, 2.45) is 0 Å². The first kappa shape index (κ1) is 16.3. The van der Waals surface area contributed by atoms with Gasteiger partial charge in [0.25, 0.3) is 5.91 Å². The van der Waals surface area contributed by atoms with E-state index in [9.17, 15) is 4.79 Å². The molecule has 0 fully saturated rings. The number of hydrogen-bond donors (Lipinski definition) is 1.